The zero-order valence-electron chi connectivity index (χ0n) is 25.1. The molecule has 1 atom stereocenters. The van der Waals surface area contributed by atoms with E-state index in [1.54, 1.807) is 6.20 Å². The van der Waals surface area contributed by atoms with E-state index in [1.165, 1.54) is 30.4 Å². The molecule has 2 saturated heterocycles. The van der Waals surface area contributed by atoms with Gasteiger partial charge < -0.3 is 20.4 Å². The standard InChI is InChI=1S/C35H43N5O3/c1-25-6-5-7-27-8-9-28(29-15-26(17-36-18-29)20-39-12-3-2-4-13-39)16-31(27)32(14-25)34(43)38-30-10-11-33(37-19-30)40-21-35(22-40,23-41)24-42/h8-11,14-19,25,41-42H,2-7,12-13,20-24H2,1H3,(H,38,43)/b32-14+. The first-order valence-corrected chi connectivity index (χ1v) is 15.7. The summed E-state index contributed by atoms with van der Waals surface area (Å²) in [4.78, 5) is 27.5. The van der Waals surface area contributed by atoms with Gasteiger partial charge in [0.05, 0.1) is 30.5 Å². The minimum atomic E-state index is -0.465. The summed E-state index contributed by atoms with van der Waals surface area (Å²) in [5, 5.41) is 22.3. The minimum absolute atomic E-state index is 0.0502. The van der Waals surface area contributed by atoms with Gasteiger partial charge in [0.1, 0.15) is 5.82 Å². The molecule has 0 spiro atoms. The molecule has 3 aliphatic rings. The molecule has 8 heteroatoms. The smallest absolute Gasteiger partial charge is 0.256 e. The molecule has 6 rings (SSSR count). The maximum Gasteiger partial charge on any atom is 0.256 e. The number of benzene rings is 1. The van der Waals surface area contributed by atoms with E-state index in [2.05, 4.69) is 57.4 Å². The van der Waals surface area contributed by atoms with Crippen LogP contribution in [0.3, 0.4) is 0 Å². The number of carbonyl (C=O) groups excluding carboxylic acids is 1. The van der Waals surface area contributed by atoms with Crippen LogP contribution < -0.4 is 10.2 Å². The van der Waals surface area contributed by atoms with Gasteiger partial charge in [-0.1, -0.05) is 31.6 Å². The number of carbonyl (C=O) groups is 1. The quantitative estimate of drug-likeness (QED) is 0.347. The van der Waals surface area contributed by atoms with Gasteiger partial charge in [-0.05, 0) is 97.6 Å². The number of nitrogens with zero attached hydrogens (tertiary/aromatic N) is 4. The van der Waals surface area contributed by atoms with Crippen LogP contribution in [0.15, 0.2) is 61.1 Å². The molecule has 1 unspecified atom stereocenters. The molecular formula is C35H43N5O3. The molecule has 1 aromatic carbocycles. The first-order chi connectivity index (χ1) is 20.9. The highest BCUT2D eigenvalue weighted by Crippen LogP contribution is 2.34. The predicted octanol–water partition coefficient (Wildman–Crippen LogP) is 4.92. The number of aromatic nitrogens is 2. The van der Waals surface area contributed by atoms with Crippen LogP contribution >= 0.6 is 0 Å². The fraction of sp³-hybridized carbons (Fsp3) is 0.457. The Morgan fingerprint density at radius 1 is 0.977 bits per heavy atom. The number of allylic oxidation sites excluding steroid dienone is 1. The largest absolute Gasteiger partial charge is 0.396 e. The van der Waals surface area contributed by atoms with Crippen molar-refractivity contribution < 1.29 is 15.0 Å². The lowest BCUT2D eigenvalue weighted by Gasteiger charge is -2.48. The molecule has 3 N–H and O–H groups in total. The number of piperidine rings is 1. The zero-order valence-corrected chi connectivity index (χ0v) is 25.1. The Kier molecular flexibility index (Phi) is 8.88. The molecule has 0 saturated carbocycles. The van der Waals surface area contributed by atoms with Crippen LogP contribution in [0, 0.1) is 11.3 Å². The number of likely N-dealkylation sites (tertiary alicyclic amines) is 1. The SMILES string of the molecule is CC1/C=C(/C(=O)Nc2ccc(N3CC(CO)(CO)C3)nc2)c2cc(-c3cncc(CN4CCCCC4)c3)ccc2CCC1. The highest BCUT2D eigenvalue weighted by molar-refractivity contribution is 6.25. The Morgan fingerprint density at radius 3 is 2.53 bits per heavy atom. The van der Waals surface area contributed by atoms with Crippen molar-refractivity contribution in [1.29, 1.82) is 0 Å². The molecular weight excluding hydrogens is 538 g/mol. The van der Waals surface area contributed by atoms with Crippen molar-refractivity contribution in [2.24, 2.45) is 11.3 Å². The van der Waals surface area contributed by atoms with Gasteiger partial charge in [-0.25, -0.2) is 4.98 Å². The zero-order chi connectivity index (χ0) is 29.8. The Bertz CT molecular complexity index is 1450. The number of hydrogen-bond donors (Lipinski definition) is 3. The molecule has 1 amide bonds. The number of aliphatic hydroxyl groups excluding tert-OH is 2. The maximum absolute atomic E-state index is 13.8. The van der Waals surface area contributed by atoms with Crippen molar-refractivity contribution in [3.63, 3.8) is 0 Å². The molecule has 226 valence electrons. The number of amides is 1. The van der Waals surface area contributed by atoms with Crippen molar-refractivity contribution in [2.75, 3.05) is 49.6 Å². The highest BCUT2D eigenvalue weighted by Gasteiger charge is 2.42. The maximum atomic E-state index is 13.8. The topological polar surface area (TPSA) is 102 Å². The van der Waals surface area contributed by atoms with Crippen LogP contribution in [-0.4, -0.2) is 70.4 Å². The summed E-state index contributed by atoms with van der Waals surface area (Å²) >= 11 is 0. The van der Waals surface area contributed by atoms with Gasteiger partial charge in [0.25, 0.3) is 5.91 Å². The number of anilines is 2. The monoisotopic (exact) mass is 581 g/mol. The third-order valence-corrected chi connectivity index (χ3v) is 9.24. The van der Waals surface area contributed by atoms with E-state index in [-0.39, 0.29) is 25.0 Å². The molecule has 2 aliphatic heterocycles. The summed E-state index contributed by atoms with van der Waals surface area (Å²) in [7, 11) is 0. The van der Waals surface area contributed by atoms with E-state index in [1.807, 2.05) is 29.4 Å². The van der Waals surface area contributed by atoms with Gasteiger partial charge in [0.2, 0.25) is 0 Å². The highest BCUT2D eigenvalue weighted by atomic mass is 16.3. The summed E-state index contributed by atoms with van der Waals surface area (Å²) < 4.78 is 0. The lowest BCUT2D eigenvalue weighted by atomic mass is 9.81. The van der Waals surface area contributed by atoms with Crippen molar-refractivity contribution in [1.82, 2.24) is 14.9 Å². The third kappa shape index (κ3) is 6.66. The second-order valence-corrected chi connectivity index (χ2v) is 12.8. The lowest BCUT2D eigenvalue weighted by molar-refractivity contribution is -0.111. The fourth-order valence-corrected chi connectivity index (χ4v) is 6.62. The summed E-state index contributed by atoms with van der Waals surface area (Å²) in [5.41, 5.74) is 6.41. The second kappa shape index (κ2) is 13.0. The molecule has 2 aromatic heterocycles. The number of nitrogens with one attached hydrogen (secondary N) is 1. The molecule has 4 heterocycles. The van der Waals surface area contributed by atoms with Gasteiger partial charge in [-0.15, -0.1) is 0 Å². The van der Waals surface area contributed by atoms with E-state index in [0.29, 0.717) is 24.4 Å². The van der Waals surface area contributed by atoms with Crippen LogP contribution in [0.1, 0.15) is 55.7 Å². The summed E-state index contributed by atoms with van der Waals surface area (Å²) in [5.74, 6) is 0.917. The molecule has 0 bridgehead atoms. The number of pyridine rings is 2. The van der Waals surface area contributed by atoms with Crippen LogP contribution in [0.5, 0.6) is 0 Å². The van der Waals surface area contributed by atoms with Crippen molar-refractivity contribution >= 4 is 23.0 Å². The Morgan fingerprint density at radius 2 is 1.79 bits per heavy atom. The third-order valence-electron chi connectivity index (χ3n) is 9.24. The van der Waals surface area contributed by atoms with Crippen LogP contribution in [0.4, 0.5) is 11.5 Å². The van der Waals surface area contributed by atoms with E-state index in [4.69, 9.17) is 0 Å². The van der Waals surface area contributed by atoms with Gasteiger partial charge >= 0.3 is 0 Å². The van der Waals surface area contributed by atoms with Crippen molar-refractivity contribution in [3.05, 3.63) is 77.8 Å². The van der Waals surface area contributed by atoms with Gasteiger partial charge in [0.15, 0.2) is 0 Å². The van der Waals surface area contributed by atoms with Crippen molar-refractivity contribution in [3.8, 4) is 11.1 Å². The van der Waals surface area contributed by atoms with Gasteiger partial charge in [-0.3, -0.25) is 14.7 Å². The average Bonchev–Trinajstić information content (AvgIpc) is 3.00. The number of aryl methyl sites for hydroxylation is 1. The van der Waals surface area contributed by atoms with Crippen LogP contribution in [0.25, 0.3) is 16.7 Å². The first kappa shape index (κ1) is 29.5. The molecule has 2 fully saturated rings. The molecule has 8 nitrogen and oxygen atoms in total. The average molecular weight is 582 g/mol. The lowest BCUT2D eigenvalue weighted by Crippen LogP contribution is -2.60. The Labute approximate surface area is 254 Å². The minimum Gasteiger partial charge on any atom is -0.396 e. The van der Waals surface area contributed by atoms with Gasteiger partial charge in [0, 0.05) is 43.2 Å². The number of fused-ring (bicyclic) bond motifs is 1. The molecule has 0 radical (unpaired) electrons. The summed E-state index contributed by atoms with van der Waals surface area (Å²) in [6.45, 7) is 6.41. The number of aliphatic hydroxyl groups is 2. The van der Waals surface area contributed by atoms with E-state index in [0.717, 1.165) is 61.4 Å². The molecule has 1 aliphatic carbocycles. The van der Waals surface area contributed by atoms with Crippen molar-refractivity contribution in [2.45, 2.75) is 52.0 Å². The van der Waals surface area contributed by atoms with E-state index >= 15 is 0 Å². The number of hydrogen-bond acceptors (Lipinski definition) is 7. The predicted molar refractivity (Wildman–Crippen MR) is 171 cm³/mol. The Balaban J connectivity index is 1.22. The summed E-state index contributed by atoms with van der Waals surface area (Å²) in [6.07, 6.45) is 14.6. The summed E-state index contributed by atoms with van der Waals surface area (Å²) in [6, 6.07) is 12.5. The Hall–Kier alpha value is -3.59. The normalized spacial score (nSPS) is 21.5. The first-order valence-electron chi connectivity index (χ1n) is 15.7. The van der Waals surface area contributed by atoms with Gasteiger partial charge in [-0.2, -0.15) is 0 Å². The second-order valence-electron chi connectivity index (χ2n) is 12.8. The van der Waals surface area contributed by atoms with E-state index < -0.39 is 5.41 Å². The van der Waals surface area contributed by atoms with Crippen LogP contribution in [-0.2, 0) is 17.8 Å². The fourth-order valence-electron chi connectivity index (χ4n) is 6.62. The van der Waals surface area contributed by atoms with E-state index in [9.17, 15) is 15.0 Å². The molecule has 3 aromatic rings. The molecule has 43 heavy (non-hydrogen) atoms. The number of rotatable bonds is 8. The van der Waals surface area contributed by atoms with Crippen LogP contribution in [0.2, 0.25) is 0 Å².